The number of aromatic nitrogens is 2. The number of imidazole rings is 1. The maximum Gasteiger partial charge on any atom is 0.122 e. The number of H-pyrrole nitrogens is 1. The summed E-state index contributed by atoms with van der Waals surface area (Å²) in [4.78, 5) is 7.84. The highest BCUT2D eigenvalue weighted by molar-refractivity contribution is 5.76. The zero-order chi connectivity index (χ0) is 14.4. The fourth-order valence-electron chi connectivity index (χ4n) is 1.98. The Morgan fingerprint density at radius 1 is 1.40 bits per heavy atom. The molecule has 3 nitrogen and oxygen atoms in total. The topological polar surface area (TPSA) is 37.9 Å². The van der Waals surface area contributed by atoms with Crippen LogP contribution in [0.5, 0.6) is 5.75 Å². The second kappa shape index (κ2) is 7.08. The quantitative estimate of drug-likeness (QED) is 0.805. The molecule has 0 unspecified atom stereocenters. The van der Waals surface area contributed by atoms with E-state index in [-0.39, 0.29) is 6.61 Å². The van der Waals surface area contributed by atoms with Crippen LogP contribution in [0.2, 0.25) is 0 Å². The summed E-state index contributed by atoms with van der Waals surface area (Å²) in [5.41, 5.74) is 2.56. The number of hydrogen-bond donors (Lipinski definition) is 1. The fourth-order valence-corrected chi connectivity index (χ4v) is 1.98. The highest BCUT2D eigenvalue weighted by Crippen LogP contribution is 2.20. The van der Waals surface area contributed by atoms with Crippen LogP contribution in [0.15, 0.2) is 30.1 Å². The SMILES string of the molecule is CCCCc1nc2ccc(OC/C(=C/F)CC)cc2[nH]1. The van der Waals surface area contributed by atoms with Crippen molar-refractivity contribution >= 4 is 11.0 Å². The van der Waals surface area contributed by atoms with Gasteiger partial charge in [0.1, 0.15) is 18.2 Å². The molecule has 1 aromatic heterocycles. The van der Waals surface area contributed by atoms with Crippen molar-refractivity contribution < 1.29 is 9.13 Å². The zero-order valence-corrected chi connectivity index (χ0v) is 12.1. The van der Waals surface area contributed by atoms with Crippen LogP contribution in [-0.4, -0.2) is 16.6 Å². The molecule has 0 aliphatic carbocycles. The van der Waals surface area contributed by atoms with Crippen LogP contribution in [0.25, 0.3) is 11.0 Å². The molecule has 0 atom stereocenters. The van der Waals surface area contributed by atoms with Gasteiger partial charge in [-0.1, -0.05) is 20.3 Å². The lowest BCUT2D eigenvalue weighted by molar-refractivity contribution is 0.346. The normalized spacial score (nSPS) is 12.1. The van der Waals surface area contributed by atoms with Crippen LogP contribution >= 0.6 is 0 Å². The van der Waals surface area contributed by atoms with E-state index in [9.17, 15) is 4.39 Å². The predicted octanol–water partition coefficient (Wildman–Crippen LogP) is 4.55. The van der Waals surface area contributed by atoms with Crippen LogP contribution in [0.4, 0.5) is 4.39 Å². The number of nitrogens with one attached hydrogen (secondary N) is 1. The summed E-state index contributed by atoms with van der Waals surface area (Å²) < 4.78 is 18.1. The molecule has 1 heterocycles. The average Bonchev–Trinajstić information content (AvgIpc) is 2.88. The Kier molecular flexibility index (Phi) is 5.16. The lowest BCUT2D eigenvalue weighted by Crippen LogP contribution is -1.99. The molecule has 2 rings (SSSR count). The minimum Gasteiger partial charge on any atom is -0.489 e. The van der Waals surface area contributed by atoms with E-state index in [1.165, 1.54) is 0 Å². The van der Waals surface area contributed by atoms with Crippen molar-refractivity contribution in [2.45, 2.75) is 39.5 Å². The molecule has 0 saturated carbocycles. The molecule has 2 aromatic rings. The Bertz CT molecular complexity index is 589. The monoisotopic (exact) mass is 276 g/mol. The van der Waals surface area contributed by atoms with Gasteiger partial charge in [-0.2, -0.15) is 0 Å². The number of nitrogens with zero attached hydrogens (tertiary/aromatic N) is 1. The van der Waals surface area contributed by atoms with Gasteiger partial charge in [-0.15, -0.1) is 0 Å². The van der Waals surface area contributed by atoms with E-state index in [0.29, 0.717) is 18.3 Å². The van der Waals surface area contributed by atoms with E-state index < -0.39 is 0 Å². The molecule has 0 fully saturated rings. The number of rotatable bonds is 7. The minimum absolute atomic E-state index is 0.287. The van der Waals surface area contributed by atoms with Gasteiger partial charge in [0.05, 0.1) is 17.4 Å². The molecule has 0 saturated heterocycles. The minimum atomic E-state index is 0.287. The third-order valence-corrected chi connectivity index (χ3v) is 3.30. The maximum absolute atomic E-state index is 12.5. The molecule has 0 bridgehead atoms. The van der Waals surface area contributed by atoms with Gasteiger partial charge in [-0.25, -0.2) is 9.37 Å². The van der Waals surface area contributed by atoms with Gasteiger partial charge >= 0.3 is 0 Å². The highest BCUT2D eigenvalue weighted by atomic mass is 19.1. The molecule has 0 spiro atoms. The molecule has 0 amide bonds. The molecule has 0 aliphatic heterocycles. The van der Waals surface area contributed by atoms with E-state index in [2.05, 4.69) is 16.9 Å². The first-order chi connectivity index (χ1) is 9.76. The van der Waals surface area contributed by atoms with Gasteiger partial charge in [0, 0.05) is 12.5 Å². The Hall–Kier alpha value is -1.84. The Labute approximate surface area is 118 Å². The first-order valence-electron chi connectivity index (χ1n) is 7.16. The first kappa shape index (κ1) is 14.6. The lowest BCUT2D eigenvalue weighted by Gasteiger charge is -2.06. The Morgan fingerprint density at radius 2 is 2.25 bits per heavy atom. The fraction of sp³-hybridized carbons (Fsp3) is 0.438. The van der Waals surface area contributed by atoms with E-state index >= 15 is 0 Å². The van der Waals surface area contributed by atoms with Crippen LogP contribution in [-0.2, 0) is 6.42 Å². The summed E-state index contributed by atoms with van der Waals surface area (Å²) in [5, 5.41) is 0. The van der Waals surface area contributed by atoms with Gasteiger partial charge in [0.25, 0.3) is 0 Å². The number of halogens is 1. The second-order valence-corrected chi connectivity index (χ2v) is 4.88. The number of benzene rings is 1. The van der Waals surface area contributed by atoms with Gasteiger partial charge in [-0.3, -0.25) is 0 Å². The molecule has 1 aromatic carbocycles. The van der Waals surface area contributed by atoms with Crippen LogP contribution in [0.1, 0.15) is 38.9 Å². The van der Waals surface area contributed by atoms with E-state index in [1.54, 1.807) is 0 Å². The third kappa shape index (κ3) is 3.59. The number of unbranched alkanes of at least 4 members (excludes halogenated alkanes) is 1. The predicted molar refractivity (Wildman–Crippen MR) is 79.7 cm³/mol. The molecular formula is C16H21FN2O. The average molecular weight is 276 g/mol. The highest BCUT2D eigenvalue weighted by Gasteiger charge is 2.05. The molecule has 1 N–H and O–H groups in total. The molecule has 108 valence electrons. The van der Waals surface area contributed by atoms with E-state index in [1.807, 2.05) is 25.1 Å². The smallest absolute Gasteiger partial charge is 0.122 e. The van der Waals surface area contributed by atoms with Crippen LogP contribution in [0.3, 0.4) is 0 Å². The first-order valence-corrected chi connectivity index (χ1v) is 7.16. The summed E-state index contributed by atoms with van der Waals surface area (Å²) >= 11 is 0. The van der Waals surface area contributed by atoms with Crippen molar-refractivity contribution in [1.29, 1.82) is 0 Å². The van der Waals surface area contributed by atoms with Crippen molar-refractivity contribution in [2.24, 2.45) is 0 Å². The van der Waals surface area contributed by atoms with E-state index in [4.69, 9.17) is 4.74 Å². The van der Waals surface area contributed by atoms with E-state index in [0.717, 1.165) is 41.9 Å². The Morgan fingerprint density at radius 3 is 2.95 bits per heavy atom. The standard InChI is InChI=1S/C16H21FN2O/c1-3-5-6-16-18-14-8-7-13(9-15(14)19-16)20-11-12(4-2)10-17/h7-10H,3-6,11H2,1-2H3,(H,18,19)/b12-10+. The van der Waals surface area contributed by atoms with Crippen molar-refractivity contribution in [3.63, 3.8) is 0 Å². The number of aromatic amines is 1. The summed E-state index contributed by atoms with van der Waals surface area (Å²) in [6, 6.07) is 5.73. The number of fused-ring (bicyclic) bond motifs is 1. The lowest BCUT2D eigenvalue weighted by atomic mass is 10.2. The molecular weight excluding hydrogens is 255 g/mol. The van der Waals surface area contributed by atoms with Gasteiger partial charge in [0.15, 0.2) is 0 Å². The molecule has 4 heteroatoms. The Balaban J connectivity index is 2.08. The number of aryl methyl sites for hydroxylation is 1. The van der Waals surface area contributed by atoms with Crippen molar-refractivity contribution in [2.75, 3.05) is 6.61 Å². The van der Waals surface area contributed by atoms with Crippen molar-refractivity contribution in [1.82, 2.24) is 9.97 Å². The van der Waals surface area contributed by atoms with Gasteiger partial charge < -0.3 is 9.72 Å². The zero-order valence-electron chi connectivity index (χ0n) is 12.1. The van der Waals surface area contributed by atoms with Gasteiger partial charge in [-0.05, 0) is 30.5 Å². The van der Waals surface area contributed by atoms with Crippen LogP contribution in [0, 0.1) is 0 Å². The molecule has 0 radical (unpaired) electrons. The summed E-state index contributed by atoms with van der Waals surface area (Å²) in [5.74, 6) is 1.74. The third-order valence-electron chi connectivity index (χ3n) is 3.30. The van der Waals surface area contributed by atoms with Gasteiger partial charge in [0.2, 0.25) is 0 Å². The molecule has 20 heavy (non-hydrogen) atoms. The number of hydrogen-bond acceptors (Lipinski definition) is 2. The maximum atomic E-state index is 12.5. The van der Waals surface area contributed by atoms with Crippen LogP contribution < -0.4 is 4.74 Å². The summed E-state index contributed by atoms with van der Waals surface area (Å²) in [6.45, 7) is 4.36. The summed E-state index contributed by atoms with van der Waals surface area (Å²) in [6.07, 6.45) is 4.53. The largest absolute Gasteiger partial charge is 0.489 e. The van der Waals surface area contributed by atoms with Crippen molar-refractivity contribution in [3.8, 4) is 5.75 Å². The second-order valence-electron chi connectivity index (χ2n) is 4.88. The van der Waals surface area contributed by atoms with Crippen molar-refractivity contribution in [3.05, 3.63) is 35.9 Å². The number of ether oxygens (including phenoxy) is 1. The molecule has 0 aliphatic rings. The summed E-state index contributed by atoms with van der Waals surface area (Å²) in [7, 11) is 0.